The van der Waals surface area contributed by atoms with Crippen LogP contribution in [0.1, 0.15) is 61.4 Å². The molecule has 0 N–H and O–H groups in total. The van der Waals surface area contributed by atoms with Crippen molar-refractivity contribution < 1.29 is 9.59 Å². The molecule has 0 heterocycles. The Balaban J connectivity index is 1.93. The second-order valence-electron chi connectivity index (χ2n) is 5.46. The van der Waals surface area contributed by atoms with Crippen LogP contribution in [0, 0.1) is 5.92 Å². The van der Waals surface area contributed by atoms with Crippen LogP contribution in [0.5, 0.6) is 0 Å². The van der Waals surface area contributed by atoms with Crippen molar-refractivity contribution in [3.8, 4) is 0 Å². The zero-order valence-electron chi connectivity index (χ0n) is 11.7. The molecule has 0 radical (unpaired) electrons. The number of unbranched alkanes of at least 4 members (excludes halogenated alkanes) is 2. The van der Waals surface area contributed by atoms with Gasteiger partial charge in [-0.15, -0.1) is 0 Å². The van der Waals surface area contributed by atoms with E-state index in [0.717, 1.165) is 43.2 Å². The number of carbonyl (C=O) groups excluding carboxylic acids is 2. The van der Waals surface area contributed by atoms with Crippen molar-refractivity contribution in [1.82, 2.24) is 0 Å². The van der Waals surface area contributed by atoms with Gasteiger partial charge in [0.1, 0.15) is 5.78 Å². The van der Waals surface area contributed by atoms with Gasteiger partial charge in [0.15, 0.2) is 5.78 Å². The lowest BCUT2D eigenvalue weighted by atomic mass is 9.80. The highest BCUT2D eigenvalue weighted by Crippen LogP contribution is 2.28. The summed E-state index contributed by atoms with van der Waals surface area (Å²) in [5, 5.41) is 0. The first-order valence-electron chi connectivity index (χ1n) is 7.36. The first kappa shape index (κ1) is 14.0. The smallest absolute Gasteiger partial charge is 0.166 e. The topological polar surface area (TPSA) is 34.1 Å². The predicted molar refractivity (Wildman–Crippen MR) is 76.3 cm³/mol. The van der Waals surface area contributed by atoms with Crippen molar-refractivity contribution in [3.63, 3.8) is 0 Å². The van der Waals surface area contributed by atoms with Gasteiger partial charge in [-0.1, -0.05) is 44.0 Å². The fourth-order valence-corrected chi connectivity index (χ4v) is 2.80. The molecule has 0 aliphatic heterocycles. The van der Waals surface area contributed by atoms with Gasteiger partial charge in [-0.2, -0.15) is 0 Å². The van der Waals surface area contributed by atoms with E-state index in [4.69, 9.17) is 0 Å². The fraction of sp³-hybridized carbons (Fsp3) is 0.529. The lowest BCUT2D eigenvalue weighted by Gasteiger charge is -2.22. The molecule has 0 aromatic heterocycles. The van der Waals surface area contributed by atoms with E-state index in [1.807, 2.05) is 24.3 Å². The minimum Gasteiger partial charge on any atom is -0.300 e. The fourth-order valence-electron chi connectivity index (χ4n) is 2.80. The molecule has 2 rings (SSSR count). The number of hydrogen-bond acceptors (Lipinski definition) is 2. The Hall–Kier alpha value is -1.44. The highest BCUT2D eigenvalue weighted by molar-refractivity contribution is 6.02. The minimum absolute atomic E-state index is 0.0796. The second kappa shape index (κ2) is 6.65. The molecule has 0 saturated heterocycles. The minimum atomic E-state index is -0.0796. The lowest BCUT2D eigenvalue weighted by molar-refractivity contribution is -0.119. The van der Waals surface area contributed by atoms with E-state index in [9.17, 15) is 9.59 Å². The zero-order chi connectivity index (χ0) is 13.7. The van der Waals surface area contributed by atoms with E-state index in [1.165, 1.54) is 0 Å². The van der Waals surface area contributed by atoms with Crippen molar-refractivity contribution in [2.75, 3.05) is 0 Å². The Morgan fingerprint density at radius 1 is 1.26 bits per heavy atom. The zero-order valence-corrected chi connectivity index (χ0v) is 11.7. The number of hydrogen-bond donors (Lipinski definition) is 0. The maximum absolute atomic E-state index is 12.3. The molecule has 1 aliphatic carbocycles. The van der Waals surface area contributed by atoms with Crippen LogP contribution >= 0.6 is 0 Å². The van der Waals surface area contributed by atoms with Crippen molar-refractivity contribution in [3.05, 3.63) is 35.4 Å². The van der Waals surface area contributed by atoms with E-state index in [0.29, 0.717) is 12.8 Å². The summed E-state index contributed by atoms with van der Waals surface area (Å²) < 4.78 is 0. The van der Waals surface area contributed by atoms with E-state index in [-0.39, 0.29) is 17.5 Å². The molecule has 0 amide bonds. The second-order valence-corrected chi connectivity index (χ2v) is 5.46. The normalized spacial score (nSPS) is 18.2. The molecule has 0 bridgehead atoms. The monoisotopic (exact) mass is 258 g/mol. The van der Waals surface area contributed by atoms with Crippen molar-refractivity contribution >= 4 is 11.6 Å². The van der Waals surface area contributed by atoms with Gasteiger partial charge in [0, 0.05) is 24.3 Å². The van der Waals surface area contributed by atoms with Crippen molar-refractivity contribution in [2.45, 2.75) is 51.9 Å². The molecular weight excluding hydrogens is 236 g/mol. The summed E-state index contributed by atoms with van der Waals surface area (Å²) in [5.74, 6) is 0.348. The Morgan fingerprint density at radius 2 is 2.05 bits per heavy atom. The number of benzene rings is 1. The van der Waals surface area contributed by atoms with Crippen LogP contribution < -0.4 is 0 Å². The van der Waals surface area contributed by atoms with Gasteiger partial charge in [-0.05, 0) is 24.8 Å². The summed E-state index contributed by atoms with van der Waals surface area (Å²) in [6, 6.07) is 7.79. The van der Waals surface area contributed by atoms with Gasteiger partial charge in [0.05, 0.1) is 0 Å². The van der Waals surface area contributed by atoms with Crippen LogP contribution in [-0.4, -0.2) is 11.6 Å². The summed E-state index contributed by atoms with van der Waals surface area (Å²) in [7, 11) is 0. The predicted octanol–water partition coefficient (Wildman–Crippen LogP) is 3.97. The average molecular weight is 258 g/mol. The van der Waals surface area contributed by atoms with Crippen molar-refractivity contribution in [1.29, 1.82) is 0 Å². The molecule has 1 aromatic carbocycles. The Labute approximate surface area is 115 Å². The SMILES string of the molecule is CCCCCC(=O)CC1CCc2ccccc2C1=O. The quantitative estimate of drug-likeness (QED) is 0.723. The summed E-state index contributed by atoms with van der Waals surface area (Å²) >= 11 is 0. The van der Waals surface area contributed by atoms with Gasteiger partial charge in [0.2, 0.25) is 0 Å². The van der Waals surface area contributed by atoms with Crippen LogP contribution in [0.15, 0.2) is 24.3 Å². The van der Waals surface area contributed by atoms with Crippen LogP contribution in [0.4, 0.5) is 0 Å². The first-order valence-corrected chi connectivity index (χ1v) is 7.36. The van der Waals surface area contributed by atoms with Crippen LogP contribution in [-0.2, 0) is 11.2 Å². The molecule has 1 atom stereocenters. The number of rotatable bonds is 6. The van der Waals surface area contributed by atoms with E-state index in [1.54, 1.807) is 0 Å². The van der Waals surface area contributed by atoms with E-state index < -0.39 is 0 Å². The summed E-state index contributed by atoms with van der Waals surface area (Å²) in [5.41, 5.74) is 1.97. The Morgan fingerprint density at radius 3 is 2.84 bits per heavy atom. The maximum Gasteiger partial charge on any atom is 0.166 e. The molecule has 1 aliphatic rings. The Bertz CT molecular complexity index is 462. The van der Waals surface area contributed by atoms with Gasteiger partial charge in [0.25, 0.3) is 0 Å². The summed E-state index contributed by atoms with van der Waals surface area (Å²) in [6.45, 7) is 2.13. The molecule has 102 valence electrons. The van der Waals surface area contributed by atoms with Crippen LogP contribution in [0.2, 0.25) is 0 Å². The molecule has 2 nitrogen and oxygen atoms in total. The molecule has 2 heteroatoms. The molecule has 0 fully saturated rings. The van der Waals surface area contributed by atoms with E-state index >= 15 is 0 Å². The number of aryl methyl sites for hydroxylation is 1. The Kier molecular flexibility index (Phi) is 4.89. The van der Waals surface area contributed by atoms with Gasteiger partial charge >= 0.3 is 0 Å². The molecular formula is C17H22O2. The van der Waals surface area contributed by atoms with Crippen LogP contribution in [0.25, 0.3) is 0 Å². The van der Waals surface area contributed by atoms with Gasteiger partial charge in [-0.3, -0.25) is 9.59 Å². The average Bonchev–Trinajstić information content (AvgIpc) is 2.43. The van der Waals surface area contributed by atoms with E-state index in [2.05, 4.69) is 6.92 Å². The molecule has 0 saturated carbocycles. The lowest BCUT2D eigenvalue weighted by Crippen LogP contribution is -2.24. The molecule has 19 heavy (non-hydrogen) atoms. The van der Waals surface area contributed by atoms with Crippen molar-refractivity contribution in [2.24, 2.45) is 5.92 Å². The number of Topliss-reactive ketones (excluding diaryl/α,β-unsaturated/α-hetero) is 2. The molecule has 0 spiro atoms. The van der Waals surface area contributed by atoms with Crippen LogP contribution in [0.3, 0.4) is 0 Å². The maximum atomic E-state index is 12.3. The number of carbonyl (C=O) groups is 2. The third-order valence-electron chi connectivity index (χ3n) is 3.95. The largest absolute Gasteiger partial charge is 0.300 e. The first-order chi connectivity index (χ1) is 9.22. The van der Waals surface area contributed by atoms with Gasteiger partial charge < -0.3 is 0 Å². The molecule has 1 aromatic rings. The number of fused-ring (bicyclic) bond motifs is 1. The van der Waals surface area contributed by atoms with Gasteiger partial charge in [-0.25, -0.2) is 0 Å². The standard InChI is InChI=1S/C17H22O2/c1-2-3-4-8-15(18)12-14-11-10-13-7-5-6-9-16(13)17(14)19/h5-7,9,14H,2-4,8,10-12H2,1H3. The highest BCUT2D eigenvalue weighted by Gasteiger charge is 2.28. The number of ketones is 2. The third kappa shape index (κ3) is 3.52. The highest BCUT2D eigenvalue weighted by atomic mass is 16.1. The summed E-state index contributed by atoms with van der Waals surface area (Å²) in [6.07, 6.45) is 6.03. The summed E-state index contributed by atoms with van der Waals surface area (Å²) in [4.78, 5) is 24.2. The molecule has 1 unspecified atom stereocenters. The third-order valence-corrected chi connectivity index (χ3v) is 3.95.